The summed E-state index contributed by atoms with van der Waals surface area (Å²) >= 11 is 2.73. The number of hydrogen-bond acceptors (Lipinski definition) is 4. The van der Waals surface area contributed by atoms with Gasteiger partial charge in [0, 0.05) is 4.90 Å². The number of aliphatic hydroxyl groups is 1. The Morgan fingerprint density at radius 3 is 3.00 bits per heavy atom. The molecule has 1 N–H and O–H groups in total. The Morgan fingerprint density at radius 1 is 1.57 bits per heavy atom. The van der Waals surface area contributed by atoms with Gasteiger partial charge in [0.15, 0.2) is 0 Å². The van der Waals surface area contributed by atoms with Crippen molar-refractivity contribution in [3.63, 3.8) is 0 Å². The number of aromatic nitrogens is 1. The molecule has 0 unspecified atom stereocenters. The van der Waals surface area contributed by atoms with Crippen LogP contribution in [0.15, 0.2) is 17.0 Å². The minimum absolute atomic E-state index is 0.132. The van der Waals surface area contributed by atoms with Crippen LogP contribution < -0.4 is 0 Å². The van der Waals surface area contributed by atoms with Crippen molar-refractivity contribution in [2.24, 2.45) is 0 Å². The standard InChI is InChI=1S/C9H8FNOS2/c1-13-6-3-2-5(10)9-8(6)11-7(4-12)14-9/h2-3,12H,4H2,1H3. The van der Waals surface area contributed by atoms with E-state index in [0.717, 1.165) is 4.90 Å². The van der Waals surface area contributed by atoms with Gasteiger partial charge in [-0.15, -0.1) is 23.1 Å². The van der Waals surface area contributed by atoms with Crippen LogP contribution in [0.3, 0.4) is 0 Å². The number of nitrogens with zero attached hydrogens (tertiary/aromatic N) is 1. The van der Waals surface area contributed by atoms with E-state index < -0.39 is 0 Å². The Bertz CT molecular complexity index is 469. The van der Waals surface area contributed by atoms with Crippen molar-refractivity contribution >= 4 is 33.3 Å². The van der Waals surface area contributed by atoms with Crippen LogP contribution >= 0.6 is 23.1 Å². The lowest BCUT2D eigenvalue weighted by Crippen LogP contribution is -1.81. The number of aliphatic hydroxyl groups excluding tert-OH is 1. The average Bonchev–Trinajstić information content (AvgIpc) is 2.63. The highest BCUT2D eigenvalue weighted by Crippen LogP contribution is 2.31. The third kappa shape index (κ3) is 1.51. The fraction of sp³-hybridized carbons (Fsp3) is 0.222. The minimum Gasteiger partial charge on any atom is -0.389 e. The number of thiazole rings is 1. The van der Waals surface area contributed by atoms with Crippen molar-refractivity contribution in [1.82, 2.24) is 4.98 Å². The van der Waals surface area contributed by atoms with E-state index >= 15 is 0 Å². The first-order valence-corrected chi connectivity index (χ1v) is 6.03. The smallest absolute Gasteiger partial charge is 0.142 e. The topological polar surface area (TPSA) is 33.1 Å². The maximum absolute atomic E-state index is 13.3. The predicted octanol–water partition coefficient (Wildman–Crippen LogP) is 2.65. The summed E-state index contributed by atoms with van der Waals surface area (Å²) in [6, 6.07) is 3.15. The van der Waals surface area contributed by atoms with Gasteiger partial charge in [-0.2, -0.15) is 0 Å². The predicted molar refractivity (Wildman–Crippen MR) is 57.3 cm³/mol. The zero-order chi connectivity index (χ0) is 10.1. The van der Waals surface area contributed by atoms with E-state index in [1.165, 1.54) is 29.2 Å². The molecule has 0 aliphatic carbocycles. The van der Waals surface area contributed by atoms with Crippen molar-refractivity contribution in [2.75, 3.05) is 6.26 Å². The highest BCUT2D eigenvalue weighted by molar-refractivity contribution is 7.98. The van der Waals surface area contributed by atoms with Crippen LogP contribution in [0.25, 0.3) is 10.2 Å². The summed E-state index contributed by atoms with van der Waals surface area (Å²) in [4.78, 5) is 5.11. The molecule has 2 nitrogen and oxygen atoms in total. The van der Waals surface area contributed by atoms with Gasteiger partial charge in [0.05, 0.1) is 16.8 Å². The fourth-order valence-corrected chi connectivity index (χ4v) is 2.69. The van der Waals surface area contributed by atoms with Crippen molar-refractivity contribution < 1.29 is 9.50 Å². The van der Waals surface area contributed by atoms with E-state index in [4.69, 9.17) is 5.11 Å². The normalized spacial score (nSPS) is 11.1. The summed E-state index contributed by atoms with van der Waals surface area (Å²) in [5.41, 5.74) is 0.659. The van der Waals surface area contributed by atoms with E-state index in [0.29, 0.717) is 15.2 Å². The average molecular weight is 229 g/mol. The first kappa shape index (κ1) is 9.89. The van der Waals surface area contributed by atoms with Gasteiger partial charge in [0.25, 0.3) is 0 Å². The first-order valence-electron chi connectivity index (χ1n) is 3.99. The van der Waals surface area contributed by atoms with Crippen LogP contribution in [0.2, 0.25) is 0 Å². The van der Waals surface area contributed by atoms with Crippen LogP contribution in [0.5, 0.6) is 0 Å². The third-order valence-electron chi connectivity index (χ3n) is 1.86. The number of benzene rings is 1. The lowest BCUT2D eigenvalue weighted by Gasteiger charge is -1.96. The molecule has 0 fully saturated rings. The molecule has 0 saturated heterocycles. The van der Waals surface area contributed by atoms with Crippen molar-refractivity contribution in [2.45, 2.75) is 11.5 Å². The van der Waals surface area contributed by atoms with Gasteiger partial charge < -0.3 is 5.11 Å². The molecular formula is C9H8FNOS2. The third-order valence-corrected chi connectivity index (χ3v) is 3.68. The SMILES string of the molecule is CSc1ccc(F)c2sc(CO)nc12. The summed E-state index contributed by atoms with van der Waals surface area (Å²) in [7, 11) is 0. The molecule has 1 heterocycles. The van der Waals surface area contributed by atoms with Gasteiger partial charge in [-0.1, -0.05) is 0 Å². The number of halogens is 1. The summed E-state index contributed by atoms with van der Waals surface area (Å²) in [6.45, 7) is -0.132. The van der Waals surface area contributed by atoms with E-state index in [9.17, 15) is 4.39 Å². The quantitative estimate of drug-likeness (QED) is 0.804. The molecule has 0 bridgehead atoms. The Labute approximate surface area is 88.8 Å². The molecule has 0 radical (unpaired) electrons. The summed E-state index contributed by atoms with van der Waals surface area (Å²) in [5, 5.41) is 9.47. The maximum atomic E-state index is 13.3. The number of rotatable bonds is 2. The molecule has 0 aliphatic heterocycles. The van der Waals surface area contributed by atoms with Gasteiger partial charge in [-0.3, -0.25) is 0 Å². The first-order chi connectivity index (χ1) is 6.76. The second-order valence-corrected chi connectivity index (χ2v) is 4.62. The number of thioether (sulfide) groups is 1. The molecule has 0 saturated carbocycles. The zero-order valence-electron chi connectivity index (χ0n) is 7.45. The summed E-state index contributed by atoms with van der Waals surface area (Å²) in [5.74, 6) is -0.269. The van der Waals surface area contributed by atoms with Gasteiger partial charge in [0.2, 0.25) is 0 Å². The Hall–Kier alpha value is -0.650. The fourth-order valence-electron chi connectivity index (χ4n) is 1.23. The van der Waals surface area contributed by atoms with Gasteiger partial charge in [0.1, 0.15) is 10.8 Å². The minimum atomic E-state index is -0.269. The Morgan fingerprint density at radius 2 is 2.36 bits per heavy atom. The summed E-state index contributed by atoms with van der Waals surface area (Å²) < 4.78 is 13.9. The van der Waals surface area contributed by atoms with E-state index in [1.54, 1.807) is 6.07 Å². The van der Waals surface area contributed by atoms with Crippen molar-refractivity contribution in [3.05, 3.63) is 23.0 Å². The molecular weight excluding hydrogens is 221 g/mol. The van der Waals surface area contributed by atoms with E-state index in [-0.39, 0.29) is 12.4 Å². The molecule has 0 atom stereocenters. The molecule has 0 aliphatic rings. The largest absolute Gasteiger partial charge is 0.389 e. The molecule has 0 amide bonds. The lowest BCUT2D eigenvalue weighted by molar-refractivity contribution is 0.281. The van der Waals surface area contributed by atoms with Gasteiger partial charge >= 0.3 is 0 Å². The van der Waals surface area contributed by atoms with Crippen molar-refractivity contribution in [3.8, 4) is 0 Å². The molecule has 5 heteroatoms. The van der Waals surface area contributed by atoms with E-state index in [2.05, 4.69) is 4.98 Å². The molecule has 2 aromatic rings. The number of hydrogen-bond donors (Lipinski definition) is 1. The van der Waals surface area contributed by atoms with E-state index in [1.807, 2.05) is 6.26 Å². The molecule has 14 heavy (non-hydrogen) atoms. The monoisotopic (exact) mass is 229 g/mol. The Balaban J connectivity index is 2.74. The lowest BCUT2D eigenvalue weighted by atomic mass is 10.3. The van der Waals surface area contributed by atoms with Crippen LogP contribution in [0.1, 0.15) is 5.01 Å². The number of fused-ring (bicyclic) bond motifs is 1. The molecule has 0 spiro atoms. The Kier molecular flexibility index (Phi) is 2.71. The van der Waals surface area contributed by atoms with Crippen molar-refractivity contribution in [1.29, 1.82) is 0 Å². The van der Waals surface area contributed by atoms with Crippen LogP contribution in [0.4, 0.5) is 4.39 Å². The maximum Gasteiger partial charge on any atom is 0.142 e. The zero-order valence-corrected chi connectivity index (χ0v) is 9.08. The van der Waals surface area contributed by atoms with Crippen LogP contribution in [-0.4, -0.2) is 16.3 Å². The van der Waals surface area contributed by atoms with Crippen LogP contribution in [0, 0.1) is 5.82 Å². The second-order valence-electron chi connectivity index (χ2n) is 2.69. The van der Waals surface area contributed by atoms with Gasteiger partial charge in [-0.05, 0) is 18.4 Å². The van der Waals surface area contributed by atoms with Crippen LogP contribution in [-0.2, 0) is 6.61 Å². The van der Waals surface area contributed by atoms with Gasteiger partial charge in [-0.25, -0.2) is 9.37 Å². The molecule has 74 valence electrons. The molecule has 1 aromatic carbocycles. The second kappa shape index (κ2) is 3.84. The molecule has 1 aromatic heterocycles. The highest BCUT2D eigenvalue weighted by atomic mass is 32.2. The highest BCUT2D eigenvalue weighted by Gasteiger charge is 2.11. The molecule has 2 rings (SSSR count). The summed E-state index contributed by atoms with van der Waals surface area (Å²) in [6.07, 6.45) is 1.92.